The zero-order valence-electron chi connectivity index (χ0n) is 17.5. The second kappa shape index (κ2) is 10.1. The quantitative estimate of drug-likeness (QED) is 0.596. The summed E-state index contributed by atoms with van der Waals surface area (Å²) in [4.78, 5) is 38.5. The molecule has 0 unspecified atom stereocenters. The summed E-state index contributed by atoms with van der Waals surface area (Å²) in [6, 6.07) is 8.74. The van der Waals surface area contributed by atoms with Crippen LogP contribution in [-0.4, -0.2) is 54.4 Å². The maximum Gasteiger partial charge on any atom is 0.410 e. The molecule has 2 amide bonds. The van der Waals surface area contributed by atoms with Gasteiger partial charge in [0.1, 0.15) is 12.2 Å². The van der Waals surface area contributed by atoms with Gasteiger partial charge in [-0.05, 0) is 39.7 Å². The van der Waals surface area contributed by atoms with E-state index in [4.69, 9.17) is 14.2 Å². The third-order valence-corrected chi connectivity index (χ3v) is 4.37. The summed E-state index contributed by atoms with van der Waals surface area (Å²) in [6.45, 7) is 7.86. The lowest BCUT2D eigenvalue weighted by molar-refractivity contribution is -0.150. The van der Waals surface area contributed by atoms with Crippen molar-refractivity contribution in [2.24, 2.45) is 5.92 Å². The Labute approximate surface area is 171 Å². The highest BCUT2D eigenvalue weighted by molar-refractivity contribution is 5.76. The van der Waals surface area contributed by atoms with Crippen LogP contribution in [0.15, 0.2) is 30.3 Å². The van der Waals surface area contributed by atoms with Crippen LogP contribution in [0.2, 0.25) is 0 Å². The van der Waals surface area contributed by atoms with E-state index in [0.29, 0.717) is 13.0 Å². The van der Waals surface area contributed by atoms with E-state index in [0.717, 1.165) is 5.56 Å². The first-order valence-electron chi connectivity index (χ1n) is 9.81. The van der Waals surface area contributed by atoms with Gasteiger partial charge in [-0.15, -0.1) is 0 Å². The lowest BCUT2D eigenvalue weighted by Crippen LogP contribution is -2.56. The molecule has 1 aliphatic heterocycles. The number of nitrogens with one attached hydrogen (secondary N) is 1. The Bertz CT molecular complexity index is 701. The second-order valence-corrected chi connectivity index (χ2v) is 7.89. The first-order valence-corrected chi connectivity index (χ1v) is 9.81. The number of hydrogen-bond acceptors (Lipinski definition) is 6. The van der Waals surface area contributed by atoms with Gasteiger partial charge in [-0.1, -0.05) is 30.3 Å². The van der Waals surface area contributed by atoms with E-state index >= 15 is 0 Å². The molecule has 2 atom stereocenters. The van der Waals surface area contributed by atoms with Gasteiger partial charge in [-0.2, -0.15) is 0 Å². The number of hydrogen-bond donors (Lipinski definition) is 1. The van der Waals surface area contributed by atoms with Crippen molar-refractivity contribution in [2.45, 2.75) is 52.4 Å². The highest BCUT2D eigenvalue weighted by Gasteiger charge is 2.38. The molecule has 1 aromatic rings. The minimum atomic E-state index is -0.674. The van der Waals surface area contributed by atoms with Crippen LogP contribution in [0.3, 0.4) is 0 Å². The number of ether oxygens (including phenoxy) is 3. The number of rotatable bonds is 5. The van der Waals surface area contributed by atoms with E-state index in [1.165, 1.54) is 4.90 Å². The van der Waals surface area contributed by atoms with E-state index in [-0.39, 0.29) is 19.8 Å². The molecule has 2 rings (SSSR count). The lowest BCUT2D eigenvalue weighted by atomic mass is 9.92. The highest BCUT2D eigenvalue weighted by Crippen LogP contribution is 2.21. The van der Waals surface area contributed by atoms with Crippen molar-refractivity contribution >= 4 is 18.2 Å². The number of nitrogens with zero attached hydrogens (tertiary/aromatic N) is 1. The Morgan fingerprint density at radius 1 is 1.14 bits per heavy atom. The summed E-state index contributed by atoms with van der Waals surface area (Å²) in [5, 5.41) is 2.71. The second-order valence-electron chi connectivity index (χ2n) is 7.89. The van der Waals surface area contributed by atoms with Crippen LogP contribution in [0.25, 0.3) is 0 Å². The minimum Gasteiger partial charge on any atom is -0.466 e. The summed E-state index contributed by atoms with van der Waals surface area (Å²) < 4.78 is 15.8. The lowest BCUT2D eigenvalue weighted by Gasteiger charge is -2.37. The number of carbonyl (C=O) groups excluding carboxylic acids is 3. The first-order chi connectivity index (χ1) is 13.7. The van der Waals surface area contributed by atoms with Crippen LogP contribution in [-0.2, 0) is 25.6 Å². The Balaban J connectivity index is 2.01. The number of alkyl carbamates (subject to hydrolysis) is 1. The largest absolute Gasteiger partial charge is 0.466 e. The van der Waals surface area contributed by atoms with Gasteiger partial charge in [0.15, 0.2) is 0 Å². The van der Waals surface area contributed by atoms with Crippen molar-refractivity contribution in [2.75, 3.05) is 19.7 Å². The van der Waals surface area contributed by atoms with Gasteiger partial charge >= 0.3 is 18.2 Å². The molecule has 0 radical (unpaired) electrons. The summed E-state index contributed by atoms with van der Waals surface area (Å²) in [7, 11) is 0. The fourth-order valence-electron chi connectivity index (χ4n) is 3.07. The number of esters is 1. The van der Waals surface area contributed by atoms with Crippen LogP contribution in [0, 0.1) is 5.92 Å². The van der Waals surface area contributed by atoms with Crippen LogP contribution >= 0.6 is 0 Å². The number of benzene rings is 1. The van der Waals surface area contributed by atoms with Crippen molar-refractivity contribution < 1.29 is 28.6 Å². The summed E-state index contributed by atoms with van der Waals surface area (Å²) in [5.74, 6) is -0.952. The topological polar surface area (TPSA) is 94.2 Å². The molecule has 29 heavy (non-hydrogen) atoms. The fraction of sp³-hybridized carbons (Fsp3) is 0.571. The summed E-state index contributed by atoms with van der Waals surface area (Å²) in [5.41, 5.74) is 0.206. The third kappa shape index (κ3) is 7.29. The average Bonchev–Trinajstić information content (AvgIpc) is 2.65. The minimum absolute atomic E-state index is 0.135. The van der Waals surface area contributed by atoms with Gasteiger partial charge in [-0.25, -0.2) is 9.59 Å². The predicted octanol–water partition coefficient (Wildman–Crippen LogP) is 3.10. The van der Waals surface area contributed by atoms with Gasteiger partial charge in [0.05, 0.1) is 18.6 Å². The molecule has 0 bridgehead atoms. The normalized spacial score (nSPS) is 19.2. The summed E-state index contributed by atoms with van der Waals surface area (Å²) in [6.07, 6.45) is -0.775. The molecular weight excluding hydrogens is 376 g/mol. The van der Waals surface area contributed by atoms with E-state index in [1.807, 2.05) is 30.3 Å². The van der Waals surface area contributed by atoms with Crippen LogP contribution in [0.5, 0.6) is 0 Å². The molecule has 160 valence electrons. The zero-order valence-corrected chi connectivity index (χ0v) is 17.5. The standard InChI is InChI=1S/C21H30N2O6/c1-5-27-18(24)16-11-12-23(13-17(16)22-19(25)29-21(2,3)4)20(26)28-14-15-9-7-6-8-10-15/h6-10,16-17H,5,11-14H2,1-4H3,(H,22,25)/t16-,17+/m0/s1. The van der Waals surface area contributed by atoms with Crippen molar-refractivity contribution in [1.82, 2.24) is 10.2 Å². The smallest absolute Gasteiger partial charge is 0.410 e. The zero-order chi connectivity index (χ0) is 21.4. The van der Waals surface area contributed by atoms with Crippen molar-refractivity contribution in [3.05, 3.63) is 35.9 Å². The van der Waals surface area contributed by atoms with Crippen LogP contribution in [0.1, 0.15) is 39.7 Å². The Morgan fingerprint density at radius 2 is 1.83 bits per heavy atom. The monoisotopic (exact) mass is 406 g/mol. The maximum atomic E-state index is 12.5. The molecule has 1 aliphatic rings. The fourth-order valence-corrected chi connectivity index (χ4v) is 3.07. The molecule has 1 fully saturated rings. The van der Waals surface area contributed by atoms with Gasteiger partial charge in [-0.3, -0.25) is 4.79 Å². The Morgan fingerprint density at radius 3 is 2.45 bits per heavy atom. The van der Waals surface area contributed by atoms with Crippen molar-refractivity contribution in [3.63, 3.8) is 0 Å². The molecule has 1 N–H and O–H groups in total. The van der Waals surface area contributed by atoms with E-state index < -0.39 is 35.7 Å². The molecule has 8 nitrogen and oxygen atoms in total. The molecule has 0 spiro atoms. The molecular formula is C21H30N2O6. The molecule has 0 aromatic heterocycles. The highest BCUT2D eigenvalue weighted by atomic mass is 16.6. The number of likely N-dealkylation sites (tertiary alicyclic amines) is 1. The number of amides is 2. The predicted molar refractivity (Wildman–Crippen MR) is 106 cm³/mol. The van der Waals surface area contributed by atoms with Gasteiger partial charge < -0.3 is 24.4 Å². The molecule has 8 heteroatoms. The molecule has 1 saturated heterocycles. The first kappa shape index (κ1) is 22.5. The Hall–Kier alpha value is -2.77. The van der Waals surface area contributed by atoms with Gasteiger partial charge in [0.2, 0.25) is 0 Å². The van der Waals surface area contributed by atoms with Crippen LogP contribution < -0.4 is 5.32 Å². The average molecular weight is 406 g/mol. The molecule has 1 aromatic carbocycles. The van der Waals surface area contributed by atoms with E-state index in [1.54, 1.807) is 27.7 Å². The van der Waals surface area contributed by atoms with Gasteiger partial charge in [0.25, 0.3) is 0 Å². The summed E-state index contributed by atoms with van der Waals surface area (Å²) >= 11 is 0. The van der Waals surface area contributed by atoms with Gasteiger partial charge in [0, 0.05) is 13.1 Å². The molecule has 0 saturated carbocycles. The van der Waals surface area contributed by atoms with Crippen molar-refractivity contribution in [1.29, 1.82) is 0 Å². The SMILES string of the molecule is CCOC(=O)[C@H]1CCN(C(=O)OCc2ccccc2)C[C@H]1NC(=O)OC(C)(C)C. The van der Waals surface area contributed by atoms with E-state index in [9.17, 15) is 14.4 Å². The number of piperidine rings is 1. The Kier molecular flexibility index (Phi) is 7.87. The number of carbonyl (C=O) groups is 3. The maximum absolute atomic E-state index is 12.5. The van der Waals surface area contributed by atoms with E-state index in [2.05, 4.69) is 5.32 Å². The molecule has 1 heterocycles. The van der Waals surface area contributed by atoms with Crippen LogP contribution in [0.4, 0.5) is 9.59 Å². The van der Waals surface area contributed by atoms with Crippen molar-refractivity contribution in [3.8, 4) is 0 Å². The molecule has 0 aliphatic carbocycles. The third-order valence-electron chi connectivity index (χ3n) is 4.37.